The maximum absolute atomic E-state index is 12.0. The summed E-state index contributed by atoms with van der Waals surface area (Å²) < 4.78 is 2.34. The number of aromatic nitrogens is 1. The smallest absolute Gasteiger partial charge is 0.224 e. The third-order valence-electron chi connectivity index (χ3n) is 4.06. The Labute approximate surface area is 102 Å². The van der Waals surface area contributed by atoms with Gasteiger partial charge in [0, 0.05) is 37.4 Å². The van der Waals surface area contributed by atoms with Gasteiger partial charge in [-0.1, -0.05) is 0 Å². The van der Waals surface area contributed by atoms with Crippen molar-refractivity contribution in [1.29, 1.82) is 0 Å². The van der Waals surface area contributed by atoms with Crippen LogP contribution in [0.1, 0.15) is 37.1 Å². The van der Waals surface area contributed by atoms with Gasteiger partial charge in [-0.2, -0.15) is 0 Å². The number of piperidine rings is 1. The SMILES string of the molecule is O=C(CCn1c2ccc1CC2)N1CCCCC1. The summed E-state index contributed by atoms with van der Waals surface area (Å²) in [7, 11) is 0. The van der Waals surface area contributed by atoms with E-state index in [-0.39, 0.29) is 0 Å². The van der Waals surface area contributed by atoms with Gasteiger partial charge >= 0.3 is 0 Å². The Balaban J connectivity index is 1.55. The lowest BCUT2D eigenvalue weighted by Crippen LogP contribution is -2.36. The Morgan fingerprint density at radius 2 is 1.71 bits per heavy atom. The van der Waals surface area contributed by atoms with Crippen LogP contribution in [-0.4, -0.2) is 28.5 Å². The summed E-state index contributed by atoms with van der Waals surface area (Å²) in [4.78, 5) is 14.1. The maximum Gasteiger partial charge on any atom is 0.224 e. The molecule has 2 aliphatic heterocycles. The van der Waals surface area contributed by atoms with Gasteiger partial charge in [-0.25, -0.2) is 0 Å². The number of amides is 1. The molecule has 1 aromatic heterocycles. The highest BCUT2D eigenvalue weighted by Gasteiger charge is 2.19. The topological polar surface area (TPSA) is 25.2 Å². The molecule has 1 saturated heterocycles. The van der Waals surface area contributed by atoms with Gasteiger partial charge in [0.15, 0.2) is 0 Å². The number of carbonyl (C=O) groups is 1. The van der Waals surface area contributed by atoms with Gasteiger partial charge in [0.25, 0.3) is 0 Å². The van der Waals surface area contributed by atoms with Crippen molar-refractivity contribution in [3.8, 4) is 0 Å². The highest BCUT2D eigenvalue weighted by Crippen LogP contribution is 2.21. The maximum atomic E-state index is 12.0. The molecule has 2 bridgehead atoms. The van der Waals surface area contributed by atoms with Crippen LogP contribution in [0.2, 0.25) is 0 Å². The van der Waals surface area contributed by atoms with Crippen molar-refractivity contribution in [3.05, 3.63) is 23.5 Å². The monoisotopic (exact) mass is 232 g/mol. The number of likely N-dealkylation sites (tertiary alicyclic amines) is 1. The lowest BCUT2D eigenvalue weighted by Gasteiger charge is -2.26. The van der Waals surface area contributed by atoms with Gasteiger partial charge in [0.2, 0.25) is 5.91 Å². The van der Waals surface area contributed by atoms with Gasteiger partial charge < -0.3 is 9.47 Å². The van der Waals surface area contributed by atoms with Crippen molar-refractivity contribution in [1.82, 2.24) is 9.47 Å². The fraction of sp³-hybridized carbons (Fsp3) is 0.643. The van der Waals surface area contributed by atoms with Crippen LogP contribution in [0.25, 0.3) is 0 Å². The third-order valence-corrected chi connectivity index (χ3v) is 4.06. The first-order chi connectivity index (χ1) is 8.34. The molecule has 1 fully saturated rings. The Morgan fingerprint density at radius 1 is 1.06 bits per heavy atom. The molecule has 3 nitrogen and oxygen atoms in total. The van der Waals surface area contributed by atoms with Gasteiger partial charge in [-0.3, -0.25) is 4.79 Å². The largest absolute Gasteiger partial charge is 0.348 e. The summed E-state index contributed by atoms with van der Waals surface area (Å²) in [6.45, 7) is 2.83. The molecule has 1 amide bonds. The Kier molecular flexibility index (Phi) is 2.91. The van der Waals surface area contributed by atoms with Crippen LogP contribution in [0.4, 0.5) is 0 Å². The average molecular weight is 232 g/mol. The predicted octanol–water partition coefficient (Wildman–Crippen LogP) is 1.99. The van der Waals surface area contributed by atoms with E-state index in [4.69, 9.17) is 0 Å². The van der Waals surface area contributed by atoms with Crippen molar-refractivity contribution in [2.75, 3.05) is 13.1 Å². The second kappa shape index (κ2) is 4.55. The summed E-state index contributed by atoms with van der Waals surface area (Å²) in [5.41, 5.74) is 2.82. The quantitative estimate of drug-likeness (QED) is 0.782. The van der Waals surface area contributed by atoms with Crippen LogP contribution in [0.3, 0.4) is 0 Å². The lowest BCUT2D eigenvalue weighted by atomic mass is 10.1. The first-order valence-electron chi connectivity index (χ1n) is 6.79. The highest BCUT2D eigenvalue weighted by molar-refractivity contribution is 5.76. The average Bonchev–Trinajstić information content (AvgIpc) is 2.96. The fourth-order valence-corrected chi connectivity index (χ4v) is 3.05. The molecule has 0 radical (unpaired) electrons. The molecule has 2 aliphatic rings. The van der Waals surface area contributed by atoms with E-state index in [1.807, 2.05) is 4.90 Å². The minimum atomic E-state index is 0.345. The number of fused-ring (bicyclic) bond motifs is 2. The first-order valence-corrected chi connectivity index (χ1v) is 6.79. The molecular weight excluding hydrogens is 212 g/mol. The molecule has 3 heterocycles. The van der Waals surface area contributed by atoms with E-state index in [9.17, 15) is 4.79 Å². The van der Waals surface area contributed by atoms with E-state index < -0.39 is 0 Å². The molecule has 0 saturated carbocycles. The van der Waals surface area contributed by atoms with E-state index in [2.05, 4.69) is 16.7 Å². The van der Waals surface area contributed by atoms with Crippen LogP contribution >= 0.6 is 0 Å². The van der Waals surface area contributed by atoms with Crippen molar-refractivity contribution >= 4 is 5.91 Å². The van der Waals surface area contributed by atoms with E-state index in [0.717, 1.165) is 19.6 Å². The summed E-state index contributed by atoms with van der Waals surface area (Å²) in [5.74, 6) is 0.345. The Hall–Kier alpha value is -1.25. The van der Waals surface area contributed by atoms with Crippen molar-refractivity contribution in [2.45, 2.75) is 45.1 Å². The molecule has 92 valence electrons. The number of aryl methyl sites for hydroxylation is 2. The predicted molar refractivity (Wildman–Crippen MR) is 66.9 cm³/mol. The summed E-state index contributed by atoms with van der Waals surface area (Å²) in [6, 6.07) is 4.40. The molecular formula is C14H20N2O. The second-order valence-electron chi connectivity index (χ2n) is 5.16. The van der Waals surface area contributed by atoms with Crippen LogP contribution in [0.5, 0.6) is 0 Å². The number of carbonyl (C=O) groups excluding carboxylic acids is 1. The van der Waals surface area contributed by atoms with Gasteiger partial charge in [0.05, 0.1) is 0 Å². The highest BCUT2D eigenvalue weighted by atomic mass is 16.2. The third kappa shape index (κ3) is 2.11. The molecule has 0 aliphatic carbocycles. The first kappa shape index (κ1) is 10.9. The summed E-state index contributed by atoms with van der Waals surface area (Å²) >= 11 is 0. The minimum Gasteiger partial charge on any atom is -0.348 e. The summed E-state index contributed by atoms with van der Waals surface area (Å²) in [6.07, 6.45) is 6.68. The summed E-state index contributed by atoms with van der Waals surface area (Å²) in [5, 5.41) is 0. The molecule has 3 rings (SSSR count). The zero-order valence-corrected chi connectivity index (χ0v) is 10.3. The van der Waals surface area contributed by atoms with Crippen LogP contribution in [-0.2, 0) is 24.2 Å². The number of rotatable bonds is 3. The fourth-order valence-electron chi connectivity index (χ4n) is 3.05. The normalized spacial score (nSPS) is 18.7. The van der Waals surface area contributed by atoms with Crippen molar-refractivity contribution in [2.24, 2.45) is 0 Å². The van der Waals surface area contributed by atoms with Gasteiger partial charge in [0.1, 0.15) is 0 Å². The van der Waals surface area contributed by atoms with E-state index >= 15 is 0 Å². The number of hydrogen-bond acceptors (Lipinski definition) is 1. The molecule has 17 heavy (non-hydrogen) atoms. The van der Waals surface area contributed by atoms with E-state index in [1.165, 1.54) is 43.5 Å². The lowest BCUT2D eigenvalue weighted by molar-refractivity contribution is -0.132. The Bertz CT molecular complexity index is 394. The molecule has 0 N–H and O–H groups in total. The van der Waals surface area contributed by atoms with E-state index in [0.29, 0.717) is 12.3 Å². The van der Waals surface area contributed by atoms with Gasteiger partial charge in [-0.05, 0) is 44.2 Å². The molecule has 0 atom stereocenters. The molecule has 0 unspecified atom stereocenters. The standard InChI is InChI=1S/C14H20N2O/c17-14(15-9-2-1-3-10-15)8-11-16-12-4-5-13(16)7-6-12/h4-5H,1-3,6-11H2. The Morgan fingerprint density at radius 3 is 2.29 bits per heavy atom. The van der Waals surface area contributed by atoms with Crippen molar-refractivity contribution < 1.29 is 4.79 Å². The van der Waals surface area contributed by atoms with E-state index in [1.54, 1.807) is 0 Å². The zero-order valence-electron chi connectivity index (χ0n) is 10.3. The van der Waals surface area contributed by atoms with Crippen molar-refractivity contribution in [3.63, 3.8) is 0 Å². The van der Waals surface area contributed by atoms with Gasteiger partial charge in [-0.15, -0.1) is 0 Å². The zero-order chi connectivity index (χ0) is 11.7. The number of nitrogens with zero attached hydrogens (tertiary/aromatic N) is 2. The molecule has 0 spiro atoms. The molecule has 3 heteroatoms. The second-order valence-corrected chi connectivity index (χ2v) is 5.16. The minimum absolute atomic E-state index is 0.345. The van der Waals surface area contributed by atoms with Crippen LogP contribution in [0, 0.1) is 0 Å². The van der Waals surface area contributed by atoms with Crippen LogP contribution < -0.4 is 0 Å². The van der Waals surface area contributed by atoms with Crippen LogP contribution in [0.15, 0.2) is 12.1 Å². The number of hydrogen-bond donors (Lipinski definition) is 0. The molecule has 1 aromatic rings. The molecule has 0 aromatic carbocycles.